The van der Waals surface area contributed by atoms with Crippen LogP contribution in [-0.4, -0.2) is 22.7 Å². The van der Waals surface area contributed by atoms with E-state index in [4.69, 9.17) is 5.11 Å². The fraction of sp³-hybridized carbons (Fsp3) is 0.176. The molecule has 0 bridgehead atoms. The molecule has 3 rings (SSSR count). The van der Waals surface area contributed by atoms with Gasteiger partial charge in [0.1, 0.15) is 0 Å². The summed E-state index contributed by atoms with van der Waals surface area (Å²) in [5, 5.41) is 11.8. The van der Waals surface area contributed by atoms with Gasteiger partial charge in [0.15, 0.2) is 0 Å². The van der Waals surface area contributed by atoms with Crippen LogP contribution in [0.5, 0.6) is 0 Å². The van der Waals surface area contributed by atoms with Gasteiger partial charge in [-0.05, 0) is 29.3 Å². The molecule has 1 heterocycles. The van der Waals surface area contributed by atoms with Gasteiger partial charge in [-0.15, -0.1) is 11.8 Å². The maximum Gasteiger partial charge on any atom is 0.335 e. The van der Waals surface area contributed by atoms with E-state index in [0.29, 0.717) is 6.54 Å². The van der Waals surface area contributed by atoms with Crippen LogP contribution in [0.3, 0.4) is 0 Å². The maximum atomic E-state index is 12.3. The summed E-state index contributed by atoms with van der Waals surface area (Å²) in [7, 11) is 0. The Morgan fingerprint density at radius 2 is 1.86 bits per heavy atom. The first-order valence-corrected chi connectivity index (χ1v) is 7.95. The maximum absolute atomic E-state index is 12.3. The first-order valence-electron chi connectivity index (χ1n) is 6.97. The molecule has 1 aliphatic rings. The molecule has 2 N–H and O–H groups in total. The molecule has 22 heavy (non-hydrogen) atoms. The Hall–Kier alpha value is -2.27. The van der Waals surface area contributed by atoms with Crippen molar-refractivity contribution in [3.05, 3.63) is 65.2 Å². The summed E-state index contributed by atoms with van der Waals surface area (Å²) in [5.74, 6) is -0.280. The molecule has 0 fully saturated rings. The number of carboxylic acid groups (broad SMARTS) is 1. The minimum Gasteiger partial charge on any atom is -0.478 e. The predicted molar refractivity (Wildman–Crippen MR) is 85.2 cm³/mol. The van der Waals surface area contributed by atoms with Gasteiger partial charge in [-0.25, -0.2) is 4.79 Å². The standard InChI is InChI=1S/C17H15NO3S/c19-16(14-10-22-15-4-2-1-3-13(14)15)18-9-11-5-7-12(8-6-11)17(20)21/h1-8,14H,9-10H2,(H,18,19)(H,20,21)/t14-/m0/s1. The molecule has 2 aromatic carbocycles. The van der Waals surface area contributed by atoms with Crippen LogP contribution in [0.25, 0.3) is 0 Å². The van der Waals surface area contributed by atoms with E-state index >= 15 is 0 Å². The number of hydrogen-bond acceptors (Lipinski definition) is 3. The van der Waals surface area contributed by atoms with Gasteiger partial charge in [-0.1, -0.05) is 30.3 Å². The van der Waals surface area contributed by atoms with Crippen molar-refractivity contribution in [2.45, 2.75) is 17.4 Å². The molecule has 0 aliphatic carbocycles. The molecule has 5 heteroatoms. The van der Waals surface area contributed by atoms with Gasteiger partial charge in [-0.2, -0.15) is 0 Å². The number of nitrogens with one attached hydrogen (secondary N) is 1. The van der Waals surface area contributed by atoms with Crippen LogP contribution in [0.15, 0.2) is 53.4 Å². The summed E-state index contributed by atoms with van der Waals surface area (Å²) < 4.78 is 0. The fourth-order valence-corrected chi connectivity index (χ4v) is 3.69. The van der Waals surface area contributed by atoms with Gasteiger partial charge >= 0.3 is 5.97 Å². The lowest BCUT2D eigenvalue weighted by atomic mass is 10.0. The fourth-order valence-electron chi connectivity index (χ4n) is 2.46. The third kappa shape index (κ3) is 2.99. The molecule has 0 aromatic heterocycles. The monoisotopic (exact) mass is 313 g/mol. The number of rotatable bonds is 4. The van der Waals surface area contributed by atoms with E-state index in [9.17, 15) is 9.59 Å². The zero-order valence-corrected chi connectivity index (χ0v) is 12.6. The Balaban J connectivity index is 1.62. The zero-order valence-electron chi connectivity index (χ0n) is 11.8. The van der Waals surface area contributed by atoms with Crippen molar-refractivity contribution in [1.82, 2.24) is 5.32 Å². The molecule has 0 saturated heterocycles. The van der Waals surface area contributed by atoms with Gasteiger partial charge in [0, 0.05) is 17.2 Å². The average molecular weight is 313 g/mol. The molecule has 0 unspecified atom stereocenters. The van der Waals surface area contributed by atoms with Crippen LogP contribution in [-0.2, 0) is 11.3 Å². The normalized spacial score (nSPS) is 16.1. The lowest BCUT2D eigenvalue weighted by molar-refractivity contribution is -0.122. The molecule has 1 aliphatic heterocycles. The molecule has 0 radical (unpaired) electrons. The lowest BCUT2D eigenvalue weighted by Gasteiger charge is -2.11. The van der Waals surface area contributed by atoms with Crippen molar-refractivity contribution in [2.75, 3.05) is 5.75 Å². The Morgan fingerprint density at radius 1 is 1.14 bits per heavy atom. The highest BCUT2D eigenvalue weighted by Gasteiger charge is 2.28. The summed E-state index contributed by atoms with van der Waals surface area (Å²) in [6.45, 7) is 0.405. The molecule has 1 amide bonds. The quantitative estimate of drug-likeness (QED) is 0.911. The van der Waals surface area contributed by atoms with Crippen LogP contribution >= 0.6 is 11.8 Å². The van der Waals surface area contributed by atoms with Crippen LogP contribution < -0.4 is 5.32 Å². The second kappa shape index (κ2) is 6.23. The van der Waals surface area contributed by atoms with E-state index < -0.39 is 5.97 Å². The Kier molecular flexibility index (Phi) is 4.15. The molecule has 2 aromatic rings. The number of carbonyl (C=O) groups excluding carboxylic acids is 1. The molecule has 4 nitrogen and oxygen atoms in total. The second-order valence-electron chi connectivity index (χ2n) is 5.12. The van der Waals surface area contributed by atoms with Crippen LogP contribution in [0, 0.1) is 0 Å². The van der Waals surface area contributed by atoms with Crippen molar-refractivity contribution in [3.63, 3.8) is 0 Å². The van der Waals surface area contributed by atoms with Gasteiger partial charge in [0.2, 0.25) is 5.91 Å². The SMILES string of the molecule is O=C(O)c1ccc(CNC(=O)[C@H]2CSc3ccccc32)cc1. The number of fused-ring (bicyclic) bond motifs is 1. The van der Waals surface area contributed by atoms with Crippen LogP contribution in [0.2, 0.25) is 0 Å². The van der Waals surface area contributed by atoms with Gasteiger partial charge in [0.25, 0.3) is 0 Å². The lowest BCUT2D eigenvalue weighted by Crippen LogP contribution is -2.29. The number of aromatic carboxylic acids is 1. The highest BCUT2D eigenvalue weighted by atomic mass is 32.2. The number of benzene rings is 2. The van der Waals surface area contributed by atoms with Crippen molar-refractivity contribution in [3.8, 4) is 0 Å². The molecule has 112 valence electrons. The number of amides is 1. The summed E-state index contributed by atoms with van der Waals surface area (Å²) in [5.41, 5.74) is 2.22. The summed E-state index contributed by atoms with van der Waals surface area (Å²) in [6, 6.07) is 14.5. The van der Waals surface area contributed by atoms with Crippen molar-refractivity contribution < 1.29 is 14.7 Å². The Morgan fingerprint density at radius 3 is 2.59 bits per heavy atom. The van der Waals surface area contributed by atoms with Gasteiger partial charge in [0.05, 0.1) is 11.5 Å². The van der Waals surface area contributed by atoms with Crippen LogP contribution in [0.1, 0.15) is 27.4 Å². The van der Waals surface area contributed by atoms with Crippen molar-refractivity contribution in [1.29, 1.82) is 0 Å². The molecular formula is C17H15NO3S. The van der Waals surface area contributed by atoms with E-state index in [1.165, 1.54) is 4.90 Å². The van der Waals surface area contributed by atoms with E-state index in [1.54, 1.807) is 36.0 Å². The largest absolute Gasteiger partial charge is 0.478 e. The Bertz CT molecular complexity index is 712. The first-order chi connectivity index (χ1) is 10.6. The first kappa shape index (κ1) is 14.7. The second-order valence-corrected chi connectivity index (χ2v) is 6.18. The topological polar surface area (TPSA) is 66.4 Å². The third-order valence-corrected chi connectivity index (χ3v) is 4.87. The number of hydrogen-bond donors (Lipinski definition) is 2. The molecular weight excluding hydrogens is 298 g/mol. The highest BCUT2D eigenvalue weighted by Crippen LogP contribution is 2.39. The summed E-state index contributed by atoms with van der Waals surface area (Å²) >= 11 is 1.71. The van der Waals surface area contributed by atoms with Crippen LogP contribution in [0.4, 0.5) is 0 Å². The number of carboxylic acids is 1. The minimum atomic E-state index is -0.949. The molecule has 0 saturated carbocycles. The van der Waals surface area contributed by atoms with Crippen molar-refractivity contribution in [2.24, 2.45) is 0 Å². The minimum absolute atomic E-state index is 0.0137. The predicted octanol–water partition coefficient (Wildman–Crippen LogP) is 2.89. The van der Waals surface area contributed by atoms with Gasteiger partial charge < -0.3 is 10.4 Å². The third-order valence-electron chi connectivity index (χ3n) is 3.68. The number of thioether (sulfide) groups is 1. The van der Waals surface area contributed by atoms with Gasteiger partial charge in [-0.3, -0.25) is 4.79 Å². The summed E-state index contributed by atoms with van der Waals surface area (Å²) in [4.78, 5) is 24.3. The van der Waals surface area contributed by atoms with E-state index in [2.05, 4.69) is 5.32 Å². The van der Waals surface area contributed by atoms with E-state index in [1.807, 2.05) is 24.3 Å². The molecule has 0 spiro atoms. The Labute approximate surface area is 132 Å². The number of carbonyl (C=O) groups is 2. The van der Waals surface area contributed by atoms with Crippen molar-refractivity contribution >= 4 is 23.6 Å². The average Bonchev–Trinajstić information content (AvgIpc) is 2.97. The zero-order chi connectivity index (χ0) is 15.5. The van der Waals surface area contributed by atoms with E-state index in [-0.39, 0.29) is 17.4 Å². The highest BCUT2D eigenvalue weighted by molar-refractivity contribution is 7.99. The molecule has 1 atom stereocenters. The summed E-state index contributed by atoms with van der Waals surface area (Å²) in [6.07, 6.45) is 0. The smallest absolute Gasteiger partial charge is 0.335 e. The van der Waals surface area contributed by atoms with E-state index in [0.717, 1.165) is 16.9 Å².